The number of carbonyl (C=O) groups is 1. The molecule has 0 fully saturated rings. The van der Waals surface area contributed by atoms with Crippen molar-refractivity contribution in [3.05, 3.63) is 12.2 Å². The van der Waals surface area contributed by atoms with Gasteiger partial charge in [-0.05, 0) is 25.7 Å². The van der Waals surface area contributed by atoms with Gasteiger partial charge in [0.1, 0.15) is 0 Å². The van der Waals surface area contributed by atoms with Crippen LogP contribution in [0.1, 0.15) is 84.0 Å². The van der Waals surface area contributed by atoms with Crippen LogP contribution in [0.25, 0.3) is 0 Å². The molecule has 4 nitrogen and oxygen atoms in total. The molecule has 0 aliphatic heterocycles. The van der Waals surface area contributed by atoms with Crippen LogP contribution in [0.4, 0.5) is 0 Å². The summed E-state index contributed by atoms with van der Waals surface area (Å²) in [5.74, 6) is -0.736. The Morgan fingerprint density at radius 1 is 0.955 bits per heavy atom. The summed E-state index contributed by atoms with van der Waals surface area (Å²) < 4.78 is 0. The third-order valence-electron chi connectivity index (χ3n) is 3.84. The number of hydrogen-bond acceptors (Lipinski definition) is 3. The van der Waals surface area contributed by atoms with E-state index in [0.29, 0.717) is 6.42 Å². The van der Waals surface area contributed by atoms with Gasteiger partial charge in [-0.1, -0.05) is 64.0 Å². The minimum Gasteiger partial charge on any atom is -0.481 e. The molecule has 2 atom stereocenters. The van der Waals surface area contributed by atoms with E-state index >= 15 is 0 Å². The lowest BCUT2D eigenvalue weighted by Gasteiger charge is -2.14. The zero-order valence-electron chi connectivity index (χ0n) is 14.0. The van der Waals surface area contributed by atoms with E-state index in [9.17, 15) is 15.0 Å². The van der Waals surface area contributed by atoms with Gasteiger partial charge in [-0.25, -0.2) is 0 Å². The molecule has 0 aromatic rings. The van der Waals surface area contributed by atoms with Crippen LogP contribution in [0, 0.1) is 0 Å². The van der Waals surface area contributed by atoms with Gasteiger partial charge in [-0.2, -0.15) is 0 Å². The summed E-state index contributed by atoms with van der Waals surface area (Å²) in [4.78, 5) is 10.3. The number of aliphatic hydroxyl groups excluding tert-OH is 2. The van der Waals surface area contributed by atoms with Crippen LogP contribution < -0.4 is 0 Å². The van der Waals surface area contributed by atoms with Crippen molar-refractivity contribution in [1.82, 2.24) is 0 Å². The van der Waals surface area contributed by atoms with Crippen molar-refractivity contribution >= 4 is 5.97 Å². The molecular weight excluding hydrogens is 280 g/mol. The third-order valence-corrected chi connectivity index (χ3v) is 3.84. The summed E-state index contributed by atoms with van der Waals surface area (Å²) in [6, 6.07) is 0. The molecule has 0 aromatic heterocycles. The maximum absolute atomic E-state index is 10.3. The summed E-state index contributed by atoms with van der Waals surface area (Å²) in [7, 11) is 0. The molecule has 0 radical (unpaired) electrons. The average molecular weight is 314 g/mol. The molecule has 130 valence electrons. The highest BCUT2D eigenvalue weighted by Crippen LogP contribution is 2.11. The molecule has 0 saturated carbocycles. The van der Waals surface area contributed by atoms with E-state index in [1.54, 1.807) is 6.08 Å². The van der Waals surface area contributed by atoms with Crippen molar-refractivity contribution in [2.24, 2.45) is 0 Å². The number of aliphatic hydroxyl groups is 2. The molecule has 0 heterocycles. The maximum Gasteiger partial charge on any atom is 0.303 e. The minimum absolute atomic E-state index is 0.240. The van der Waals surface area contributed by atoms with Crippen LogP contribution >= 0.6 is 0 Å². The predicted octanol–water partition coefficient (Wildman–Crippen LogP) is 4.05. The fourth-order valence-corrected chi connectivity index (χ4v) is 2.38. The first-order chi connectivity index (χ1) is 10.6. The normalized spacial score (nSPS) is 14.3. The first-order valence-corrected chi connectivity index (χ1v) is 8.82. The third kappa shape index (κ3) is 14.1. The number of unbranched alkanes of at least 4 members (excludes halogenated alkanes) is 8. The van der Waals surface area contributed by atoms with Crippen LogP contribution in [0.3, 0.4) is 0 Å². The number of allylic oxidation sites excluding steroid dienone is 1. The Balaban J connectivity index is 3.50. The molecule has 0 rings (SSSR count). The summed E-state index contributed by atoms with van der Waals surface area (Å²) in [5, 5.41) is 28.2. The van der Waals surface area contributed by atoms with Crippen LogP contribution in [-0.2, 0) is 4.79 Å². The summed E-state index contributed by atoms with van der Waals surface area (Å²) in [6.07, 6.45) is 13.4. The van der Waals surface area contributed by atoms with Gasteiger partial charge in [-0.3, -0.25) is 4.79 Å². The first kappa shape index (κ1) is 21.1. The van der Waals surface area contributed by atoms with E-state index in [2.05, 4.69) is 6.92 Å². The second-order valence-electron chi connectivity index (χ2n) is 6.04. The summed E-state index contributed by atoms with van der Waals surface area (Å²) in [5.41, 5.74) is 0. The molecule has 0 aliphatic carbocycles. The Morgan fingerprint density at radius 3 is 2.27 bits per heavy atom. The maximum atomic E-state index is 10.3. The molecule has 0 amide bonds. The Bertz CT molecular complexity index is 289. The number of rotatable bonds is 15. The van der Waals surface area contributed by atoms with Gasteiger partial charge < -0.3 is 15.3 Å². The molecule has 0 aliphatic rings. The lowest BCUT2D eigenvalue weighted by atomic mass is 10.0. The molecule has 0 bridgehead atoms. The van der Waals surface area contributed by atoms with Gasteiger partial charge in [0, 0.05) is 6.42 Å². The molecule has 22 heavy (non-hydrogen) atoms. The van der Waals surface area contributed by atoms with E-state index < -0.39 is 18.2 Å². The molecule has 3 N–H and O–H groups in total. The SMILES string of the molecule is CCCCCC/C=C/C(O)C(O)CCCCCCCC(=O)O. The van der Waals surface area contributed by atoms with Crippen LogP contribution in [0.2, 0.25) is 0 Å². The van der Waals surface area contributed by atoms with Crippen LogP contribution in [-0.4, -0.2) is 33.5 Å². The lowest BCUT2D eigenvalue weighted by Crippen LogP contribution is -2.23. The van der Waals surface area contributed by atoms with Gasteiger partial charge in [0.05, 0.1) is 12.2 Å². The summed E-state index contributed by atoms with van der Waals surface area (Å²) in [6.45, 7) is 2.18. The number of aliphatic carboxylic acids is 1. The van der Waals surface area contributed by atoms with Crippen molar-refractivity contribution in [2.45, 2.75) is 96.2 Å². The van der Waals surface area contributed by atoms with Crippen molar-refractivity contribution in [3.63, 3.8) is 0 Å². The average Bonchev–Trinajstić information content (AvgIpc) is 2.49. The standard InChI is InChI=1S/C18H34O4/c1-2-3-4-5-7-10-13-16(19)17(20)14-11-8-6-9-12-15-18(21)22/h10,13,16-17,19-20H,2-9,11-12,14-15H2,1H3,(H,21,22)/b13-10+. The van der Waals surface area contributed by atoms with Gasteiger partial charge in [0.15, 0.2) is 0 Å². The van der Waals surface area contributed by atoms with Crippen molar-refractivity contribution in [2.75, 3.05) is 0 Å². The zero-order chi connectivity index (χ0) is 16.6. The number of hydrogen-bond donors (Lipinski definition) is 3. The second-order valence-corrected chi connectivity index (χ2v) is 6.04. The topological polar surface area (TPSA) is 77.8 Å². The van der Waals surface area contributed by atoms with Gasteiger partial charge >= 0.3 is 5.97 Å². The van der Waals surface area contributed by atoms with Crippen LogP contribution in [0.15, 0.2) is 12.2 Å². The molecule has 4 heteroatoms. The Labute approximate surface area is 135 Å². The smallest absolute Gasteiger partial charge is 0.303 e. The Kier molecular flexibility index (Phi) is 14.4. The largest absolute Gasteiger partial charge is 0.481 e. The van der Waals surface area contributed by atoms with Gasteiger partial charge in [0.25, 0.3) is 0 Å². The van der Waals surface area contributed by atoms with E-state index in [4.69, 9.17) is 5.11 Å². The number of carboxylic acids is 1. The first-order valence-electron chi connectivity index (χ1n) is 8.82. The minimum atomic E-state index is -0.766. The second kappa shape index (κ2) is 15.0. The Morgan fingerprint density at radius 2 is 1.59 bits per heavy atom. The fourth-order valence-electron chi connectivity index (χ4n) is 2.38. The van der Waals surface area contributed by atoms with Crippen LogP contribution in [0.5, 0.6) is 0 Å². The predicted molar refractivity (Wildman–Crippen MR) is 89.9 cm³/mol. The van der Waals surface area contributed by atoms with Crippen molar-refractivity contribution < 1.29 is 20.1 Å². The van der Waals surface area contributed by atoms with E-state index in [1.165, 1.54) is 19.3 Å². The summed E-state index contributed by atoms with van der Waals surface area (Å²) >= 11 is 0. The quantitative estimate of drug-likeness (QED) is 0.315. The molecule has 2 unspecified atom stereocenters. The molecule has 0 saturated heterocycles. The Hall–Kier alpha value is -0.870. The highest BCUT2D eigenvalue weighted by atomic mass is 16.4. The number of carboxylic acid groups (broad SMARTS) is 1. The molecule has 0 aromatic carbocycles. The molecule has 0 spiro atoms. The van der Waals surface area contributed by atoms with Gasteiger partial charge in [-0.15, -0.1) is 0 Å². The zero-order valence-corrected chi connectivity index (χ0v) is 14.0. The van der Waals surface area contributed by atoms with E-state index in [0.717, 1.165) is 44.9 Å². The highest BCUT2D eigenvalue weighted by Gasteiger charge is 2.12. The fraction of sp³-hybridized carbons (Fsp3) is 0.833. The van der Waals surface area contributed by atoms with Crippen molar-refractivity contribution in [1.29, 1.82) is 0 Å². The monoisotopic (exact) mass is 314 g/mol. The van der Waals surface area contributed by atoms with E-state index in [1.807, 2.05) is 6.08 Å². The highest BCUT2D eigenvalue weighted by molar-refractivity contribution is 5.66. The lowest BCUT2D eigenvalue weighted by molar-refractivity contribution is -0.137. The van der Waals surface area contributed by atoms with Gasteiger partial charge in [0.2, 0.25) is 0 Å². The molecular formula is C18H34O4. The van der Waals surface area contributed by atoms with E-state index in [-0.39, 0.29) is 6.42 Å². The van der Waals surface area contributed by atoms with Crippen molar-refractivity contribution in [3.8, 4) is 0 Å².